The number of aromatic hydroxyl groups is 1. The second-order valence-electron chi connectivity index (χ2n) is 5.94. The van der Waals surface area contributed by atoms with Crippen LogP contribution in [0.15, 0.2) is 30.9 Å². The highest BCUT2D eigenvalue weighted by Gasteiger charge is 2.16. The fourth-order valence-electron chi connectivity index (χ4n) is 1.88. The zero-order valence-corrected chi connectivity index (χ0v) is 12.5. The Bertz CT molecular complexity index is 615. The summed E-state index contributed by atoms with van der Waals surface area (Å²) in [5.74, 6) is -0.107. The van der Waals surface area contributed by atoms with Gasteiger partial charge in [0.2, 0.25) is 5.91 Å². The molecule has 0 saturated heterocycles. The third-order valence-electron chi connectivity index (χ3n) is 3.17. The zero-order valence-electron chi connectivity index (χ0n) is 12.5. The van der Waals surface area contributed by atoms with Crippen LogP contribution in [0, 0.1) is 0 Å². The summed E-state index contributed by atoms with van der Waals surface area (Å²) in [6, 6.07) is 5.27. The first-order valence-corrected chi connectivity index (χ1v) is 6.82. The molecule has 2 aromatic rings. The number of aryl methyl sites for hydroxylation is 1. The normalized spacial score (nSPS) is 11.4. The predicted octanol–water partition coefficient (Wildman–Crippen LogP) is 2.31. The second-order valence-corrected chi connectivity index (χ2v) is 5.94. The molecule has 0 fully saturated rings. The maximum Gasteiger partial charge on any atom is 0.226 e. The Morgan fingerprint density at radius 1 is 1.38 bits per heavy atom. The van der Waals surface area contributed by atoms with Gasteiger partial charge in [-0.2, -0.15) is 5.10 Å². The van der Waals surface area contributed by atoms with Gasteiger partial charge in [-0.3, -0.25) is 9.48 Å². The molecule has 0 radical (unpaired) electrons. The van der Waals surface area contributed by atoms with Gasteiger partial charge in [-0.05, 0) is 23.1 Å². The van der Waals surface area contributed by atoms with Gasteiger partial charge in [0.1, 0.15) is 18.4 Å². The summed E-state index contributed by atoms with van der Waals surface area (Å²) >= 11 is 0. The van der Waals surface area contributed by atoms with Crippen molar-refractivity contribution in [2.75, 3.05) is 5.32 Å². The highest BCUT2D eigenvalue weighted by molar-refractivity contribution is 5.92. The number of carbonyl (C=O) groups is 1. The Balaban J connectivity index is 2.03. The third kappa shape index (κ3) is 4.05. The maximum atomic E-state index is 11.9. The molecule has 6 nitrogen and oxygen atoms in total. The van der Waals surface area contributed by atoms with Crippen LogP contribution in [0.2, 0.25) is 0 Å². The number of carbonyl (C=O) groups excluding carboxylic acids is 1. The number of phenols is 1. The lowest BCUT2D eigenvalue weighted by Gasteiger charge is -2.20. The molecular formula is C15H20N4O2. The van der Waals surface area contributed by atoms with Crippen LogP contribution >= 0.6 is 0 Å². The van der Waals surface area contributed by atoms with E-state index in [1.165, 1.54) is 6.33 Å². The highest BCUT2D eigenvalue weighted by Crippen LogP contribution is 2.30. The molecule has 2 N–H and O–H groups in total. The van der Waals surface area contributed by atoms with E-state index >= 15 is 0 Å². The van der Waals surface area contributed by atoms with Crippen molar-refractivity contribution in [3.63, 3.8) is 0 Å². The van der Waals surface area contributed by atoms with E-state index in [9.17, 15) is 9.90 Å². The van der Waals surface area contributed by atoms with E-state index in [1.807, 2.05) is 12.1 Å². The summed E-state index contributed by atoms with van der Waals surface area (Å²) in [5.41, 5.74) is 1.44. The molecule has 6 heteroatoms. The summed E-state index contributed by atoms with van der Waals surface area (Å²) in [6.07, 6.45) is 3.25. The molecule has 0 bridgehead atoms. The highest BCUT2D eigenvalue weighted by atomic mass is 16.3. The number of phenolic OH excluding ortho intramolecular Hbond substituents is 1. The van der Waals surface area contributed by atoms with Crippen LogP contribution in [0.5, 0.6) is 5.75 Å². The molecular weight excluding hydrogens is 268 g/mol. The Morgan fingerprint density at radius 2 is 2.14 bits per heavy atom. The van der Waals surface area contributed by atoms with Crippen molar-refractivity contribution >= 4 is 11.6 Å². The van der Waals surface area contributed by atoms with E-state index in [-0.39, 0.29) is 23.5 Å². The van der Waals surface area contributed by atoms with Crippen LogP contribution in [-0.2, 0) is 16.8 Å². The van der Waals surface area contributed by atoms with E-state index in [0.717, 1.165) is 5.56 Å². The molecule has 0 unspecified atom stereocenters. The molecule has 0 saturated carbocycles. The van der Waals surface area contributed by atoms with Gasteiger partial charge in [0.05, 0.1) is 12.2 Å². The average molecular weight is 288 g/mol. The number of nitrogens with zero attached hydrogens (tertiary/aromatic N) is 3. The van der Waals surface area contributed by atoms with Crippen molar-refractivity contribution < 1.29 is 9.90 Å². The second kappa shape index (κ2) is 5.95. The molecule has 21 heavy (non-hydrogen) atoms. The number of hydrogen-bond donors (Lipinski definition) is 2. The molecule has 2 rings (SSSR count). The molecule has 0 aliphatic rings. The smallest absolute Gasteiger partial charge is 0.226 e. The number of amides is 1. The third-order valence-corrected chi connectivity index (χ3v) is 3.17. The van der Waals surface area contributed by atoms with E-state index in [2.05, 4.69) is 36.2 Å². The Hall–Kier alpha value is -2.37. The average Bonchev–Trinajstić information content (AvgIpc) is 2.91. The van der Waals surface area contributed by atoms with Crippen molar-refractivity contribution in [3.05, 3.63) is 36.4 Å². The number of aromatic nitrogens is 3. The fraction of sp³-hybridized carbons (Fsp3) is 0.400. The van der Waals surface area contributed by atoms with E-state index in [1.54, 1.807) is 17.1 Å². The van der Waals surface area contributed by atoms with Gasteiger partial charge >= 0.3 is 0 Å². The van der Waals surface area contributed by atoms with Crippen molar-refractivity contribution in [1.82, 2.24) is 14.8 Å². The van der Waals surface area contributed by atoms with Crippen LogP contribution in [0.25, 0.3) is 0 Å². The van der Waals surface area contributed by atoms with Crippen LogP contribution < -0.4 is 5.32 Å². The van der Waals surface area contributed by atoms with Crippen LogP contribution in [0.1, 0.15) is 32.8 Å². The van der Waals surface area contributed by atoms with Crippen molar-refractivity contribution in [1.29, 1.82) is 0 Å². The van der Waals surface area contributed by atoms with Crippen molar-refractivity contribution in [2.24, 2.45) is 0 Å². The van der Waals surface area contributed by atoms with Gasteiger partial charge in [0.15, 0.2) is 0 Å². The number of hydrogen-bond acceptors (Lipinski definition) is 4. The largest absolute Gasteiger partial charge is 0.506 e. The Kier molecular flexibility index (Phi) is 4.26. The first kappa shape index (κ1) is 15.0. The number of nitrogens with one attached hydrogen (secondary N) is 1. The van der Waals surface area contributed by atoms with E-state index < -0.39 is 0 Å². The summed E-state index contributed by atoms with van der Waals surface area (Å²) in [5, 5.41) is 16.5. The van der Waals surface area contributed by atoms with Crippen molar-refractivity contribution in [2.45, 2.75) is 39.2 Å². The molecule has 1 aromatic heterocycles. The number of benzene rings is 1. The van der Waals surface area contributed by atoms with E-state index in [0.29, 0.717) is 12.2 Å². The lowest BCUT2D eigenvalue weighted by atomic mass is 9.87. The standard InChI is InChI=1S/C15H20N4O2/c1-15(2,3)11-4-5-13(20)12(8-11)18-14(21)6-7-19-10-16-9-17-19/h4-5,8-10,20H,6-7H2,1-3H3,(H,18,21). The predicted molar refractivity (Wildman–Crippen MR) is 80.1 cm³/mol. The van der Waals surface area contributed by atoms with E-state index in [4.69, 9.17) is 0 Å². The topological polar surface area (TPSA) is 80.0 Å². The van der Waals surface area contributed by atoms with Gasteiger partial charge in [-0.15, -0.1) is 0 Å². The van der Waals surface area contributed by atoms with Gasteiger partial charge in [0.25, 0.3) is 0 Å². The first-order valence-electron chi connectivity index (χ1n) is 6.82. The van der Waals surface area contributed by atoms with Crippen molar-refractivity contribution in [3.8, 4) is 5.75 Å². The molecule has 0 aliphatic carbocycles. The fourth-order valence-corrected chi connectivity index (χ4v) is 1.88. The molecule has 1 amide bonds. The summed E-state index contributed by atoms with van der Waals surface area (Å²) in [7, 11) is 0. The number of rotatable bonds is 4. The summed E-state index contributed by atoms with van der Waals surface area (Å²) in [4.78, 5) is 15.8. The molecule has 0 aliphatic heterocycles. The lowest BCUT2D eigenvalue weighted by Crippen LogP contribution is -2.16. The first-order chi connectivity index (χ1) is 9.86. The van der Waals surface area contributed by atoms with Crippen LogP contribution in [0.4, 0.5) is 5.69 Å². The van der Waals surface area contributed by atoms with Crippen LogP contribution in [0.3, 0.4) is 0 Å². The van der Waals surface area contributed by atoms with Gasteiger partial charge in [0, 0.05) is 6.42 Å². The minimum atomic E-state index is -0.174. The van der Waals surface area contributed by atoms with Crippen LogP contribution in [-0.4, -0.2) is 25.8 Å². The Labute approximate surface area is 123 Å². The molecule has 0 spiro atoms. The molecule has 1 heterocycles. The number of anilines is 1. The quantitative estimate of drug-likeness (QED) is 0.846. The van der Waals surface area contributed by atoms with Gasteiger partial charge in [-0.25, -0.2) is 4.98 Å². The SMILES string of the molecule is CC(C)(C)c1ccc(O)c(NC(=O)CCn2cncn2)c1. The van der Waals surface area contributed by atoms with Gasteiger partial charge in [-0.1, -0.05) is 26.8 Å². The maximum absolute atomic E-state index is 11.9. The summed E-state index contributed by atoms with van der Waals surface area (Å²) in [6.45, 7) is 6.69. The minimum Gasteiger partial charge on any atom is -0.506 e. The zero-order chi connectivity index (χ0) is 15.5. The lowest BCUT2D eigenvalue weighted by molar-refractivity contribution is -0.116. The Morgan fingerprint density at radius 3 is 2.76 bits per heavy atom. The summed E-state index contributed by atoms with van der Waals surface area (Å²) < 4.78 is 1.59. The van der Waals surface area contributed by atoms with Gasteiger partial charge < -0.3 is 10.4 Å². The monoisotopic (exact) mass is 288 g/mol. The molecule has 1 aromatic carbocycles. The molecule has 0 atom stereocenters. The molecule has 112 valence electrons. The minimum absolute atomic E-state index is 0.0477.